The third-order valence-electron chi connectivity index (χ3n) is 5.70. The molecule has 36 heavy (non-hydrogen) atoms. The van der Waals surface area contributed by atoms with Gasteiger partial charge in [0.05, 0.1) is 23.6 Å². The number of hydrogen-bond acceptors (Lipinski definition) is 5. The van der Waals surface area contributed by atoms with Gasteiger partial charge in [-0.25, -0.2) is 9.78 Å². The summed E-state index contributed by atoms with van der Waals surface area (Å²) in [6.07, 6.45) is 6.04. The molecule has 1 aromatic carbocycles. The van der Waals surface area contributed by atoms with Crippen LogP contribution < -0.4 is 16.0 Å². The molecule has 2 atom stereocenters. The molecule has 192 valence electrons. The van der Waals surface area contributed by atoms with Crippen LogP contribution in [0.5, 0.6) is 0 Å². The number of carboxylic acids is 1. The standard InChI is InChI=1S/C26H34N6O4/c1-5-6-9-20(31-26(36)28-16(2)3)23-30-21-13-19(24(33)29-17(4)25(34)35)10-11-22(21)32(23)15-18-8-7-12-27-14-18/h7-8,10-14,16-17,20H,5-6,9,15H2,1-4H3,(H,29,33)(H,34,35)(H2,28,31,36). The Hall–Kier alpha value is -3.95. The molecule has 0 aliphatic carbocycles. The maximum Gasteiger partial charge on any atom is 0.325 e. The van der Waals surface area contributed by atoms with E-state index in [0.29, 0.717) is 29.9 Å². The zero-order chi connectivity index (χ0) is 26.2. The number of urea groups is 1. The number of unbranched alkanes of at least 4 members (excludes halogenated alkanes) is 1. The molecule has 2 aromatic heterocycles. The van der Waals surface area contributed by atoms with Crippen molar-refractivity contribution in [2.75, 3.05) is 0 Å². The van der Waals surface area contributed by atoms with Crippen molar-refractivity contribution in [1.29, 1.82) is 0 Å². The number of carbonyl (C=O) groups is 3. The molecule has 0 saturated carbocycles. The second-order valence-electron chi connectivity index (χ2n) is 9.12. The SMILES string of the molecule is CCCCC(NC(=O)NC(C)C)c1nc2cc(C(=O)NC(C)C(=O)O)ccc2n1Cc1cccnc1. The van der Waals surface area contributed by atoms with Crippen molar-refractivity contribution in [3.05, 3.63) is 59.7 Å². The molecule has 0 fully saturated rings. The van der Waals surface area contributed by atoms with Crippen molar-refractivity contribution >= 4 is 28.9 Å². The summed E-state index contributed by atoms with van der Waals surface area (Å²) >= 11 is 0. The molecule has 0 aliphatic heterocycles. The number of aliphatic carboxylic acids is 1. The lowest BCUT2D eigenvalue weighted by Gasteiger charge is -2.21. The number of benzene rings is 1. The Balaban J connectivity index is 2.05. The number of nitrogens with zero attached hydrogens (tertiary/aromatic N) is 3. The predicted molar refractivity (Wildman–Crippen MR) is 137 cm³/mol. The molecular weight excluding hydrogens is 460 g/mol. The van der Waals surface area contributed by atoms with Crippen molar-refractivity contribution in [3.8, 4) is 0 Å². The number of nitrogens with one attached hydrogen (secondary N) is 3. The van der Waals surface area contributed by atoms with Crippen LogP contribution in [0.25, 0.3) is 11.0 Å². The van der Waals surface area contributed by atoms with Gasteiger partial charge in [-0.3, -0.25) is 14.6 Å². The van der Waals surface area contributed by atoms with Crippen LogP contribution in [0.15, 0.2) is 42.7 Å². The highest BCUT2D eigenvalue weighted by atomic mass is 16.4. The zero-order valence-electron chi connectivity index (χ0n) is 21.1. The number of fused-ring (bicyclic) bond motifs is 1. The summed E-state index contributed by atoms with van der Waals surface area (Å²) in [5.41, 5.74) is 2.65. The van der Waals surface area contributed by atoms with Crippen molar-refractivity contribution in [2.45, 2.75) is 71.6 Å². The molecule has 3 aromatic rings. The van der Waals surface area contributed by atoms with Crippen molar-refractivity contribution in [3.63, 3.8) is 0 Å². The number of imidazole rings is 1. The highest BCUT2D eigenvalue weighted by Gasteiger charge is 2.24. The summed E-state index contributed by atoms with van der Waals surface area (Å²) in [5, 5.41) is 17.5. The first-order valence-corrected chi connectivity index (χ1v) is 12.2. The summed E-state index contributed by atoms with van der Waals surface area (Å²) in [5.74, 6) is -0.929. The number of carbonyl (C=O) groups excluding carboxylic acids is 2. The normalized spacial score (nSPS) is 12.8. The minimum Gasteiger partial charge on any atom is -0.480 e. The van der Waals surface area contributed by atoms with Crippen LogP contribution in [0, 0.1) is 0 Å². The summed E-state index contributed by atoms with van der Waals surface area (Å²) < 4.78 is 2.03. The Labute approximate surface area is 210 Å². The second-order valence-corrected chi connectivity index (χ2v) is 9.12. The molecule has 0 bridgehead atoms. The van der Waals surface area contributed by atoms with E-state index in [1.54, 1.807) is 30.6 Å². The Bertz CT molecular complexity index is 1210. The Morgan fingerprint density at radius 2 is 1.86 bits per heavy atom. The van der Waals surface area contributed by atoms with Crippen molar-refractivity contribution in [2.24, 2.45) is 0 Å². The van der Waals surface area contributed by atoms with Gasteiger partial charge < -0.3 is 25.6 Å². The molecule has 10 heteroatoms. The predicted octanol–water partition coefficient (Wildman–Crippen LogP) is 3.62. The molecule has 0 spiro atoms. The van der Waals surface area contributed by atoms with Gasteiger partial charge in [-0.1, -0.05) is 25.8 Å². The largest absolute Gasteiger partial charge is 0.480 e. The van der Waals surface area contributed by atoms with Gasteiger partial charge in [0, 0.05) is 24.0 Å². The van der Waals surface area contributed by atoms with Crippen LogP contribution in [-0.2, 0) is 11.3 Å². The average Bonchev–Trinajstić information content (AvgIpc) is 3.19. The smallest absolute Gasteiger partial charge is 0.325 e. The maximum atomic E-state index is 12.6. The summed E-state index contributed by atoms with van der Waals surface area (Å²) in [6, 6.07) is 7.28. The van der Waals surface area contributed by atoms with E-state index >= 15 is 0 Å². The van der Waals surface area contributed by atoms with E-state index < -0.39 is 17.9 Å². The van der Waals surface area contributed by atoms with Gasteiger partial charge in [-0.2, -0.15) is 0 Å². The van der Waals surface area contributed by atoms with Gasteiger partial charge >= 0.3 is 12.0 Å². The highest BCUT2D eigenvalue weighted by molar-refractivity contribution is 5.99. The van der Waals surface area contributed by atoms with Crippen LogP contribution in [0.3, 0.4) is 0 Å². The summed E-state index contributed by atoms with van der Waals surface area (Å²) in [6.45, 7) is 7.78. The number of rotatable bonds is 11. The van der Waals surface area contributed by atoms with Crippen LogP contribution >= 0.6 is 0 Å². The van der Waals surface area contributed by atoms with Crippen LogP contribution in [-0.4, -0.2) is 49.6 Å². The number of aromatic nitrogens is 3. The van der Waals surface area contributed by atoms with E-state index in [1.807, 2.05) is 30.5 Å². The molecule has 0 radical (unpaired) electrons. The molecule has 3 amide bonds. The van der Waals surface area contributed by atoms with Gasteiger partial charge in [-0.05, 0) is 57.0 Å². The van der Waals surface area contributed by atoms with Crippen molar-refractivity contribution in [1.82, 2.24) is 30.5 Å². The Morgan fingerprint density at radius 1 is 1.08 bits per heavy atom. The Kier molecular flexibility index (Phi) is 8.99. The number of amides is 3. The first kappa shape index (κ1) is 26.7. The van der Waals surface area contributed by atoms with Gasteiger partial charge in [0.25, 0.3) is 5.91 Å². The van der Waals surface area contributed by atoms with E-state index in [-0.39, 0.29) is 18.1 Å². The minimum atomic E-state index is -1.11. The van der Waals surface area contributed by atoms with E-state index in [2.05, 4.69) is 27.9 Å². The highest BCUT2D eigenvalue weighted by Crippen LogP contribution is 2.26. The third-order valence-corrected chi connectivity index (χ3v) is 5.70. The second kappa shape index (κ2) is 12.1. The van der Waals surface area contributed by atoms with E-state index in [0.717, 1.165) is 23.9 Å². The monoisotopic (exact) mass is 494 g/mol. The maximum absolute atomic E-state index is 12.6. The number of hydrogen-bond donors (Lipinski definition) is 4. The molecule has 10 nitrogen and oxygen atoms in total. The fourth-order valence-electron chi connectivity index (χ4n) is 3.87. The third kappa shape index (κ3) is 6.80. The van der Waals surface area contributed by atoms with Crippen LogP contribution in [0.1, 0.15) is 74.7 Å². The first-order valence-electron chi connectivity index (χ1n) is 12.2. The topological polar surface area (TPSA) is 138 Å². The van der Waals surface area contributed by atoms with Crippen LogP contribution in [0.4, 0.5) is 4.79 Å². The lowest BCUT2D eigenvalue weighted by atomic mass is 10.1. The Morgan fingerprint density at radius 3 is 2.50 bits per heavy atom. The summed E-state index contributed by atoms with van der Waals surface area (Å²) in [7, 11) is 0. The molecule has 2 heterocycles. The van der Waals surface area contributed by atoms with Gasteiger partial charge in [0.2, 0.25) is 0 Å². The van der Waals surface area contributed by atoms with E-state index in [1.165, 1.54) is 6.92 Å². The fourth-order valence-corrected chi connectivity index (χ4v) is 3.87. The first-order chi connectivity index (χ1) is 17.2. The lowest BCUT2D eigenvalue weighted by Crippen LogP contribution is -2.42. The quantitative estimate of drug-likeness (QED) is 0.321. The van der Waals surface area contributed by atoms with E-state index in [4.69, 9.17) is 10.1 Å². The zero-order valence-corrected chi connectivity index (χ0v) is 21.1. The molecular formula is C26H34N6O4. The molecule has 3 rings (SSSR count). The van der Waals surface area contributed by atoms with E-state index in [9.17, 15) is 14.4 Å². The molecule has 2 unspecified atom stereocenters. The van der Waals surface area contributed by atoms with Crippen LogP contribution in [0.2, 0.25) is 0 Å². The molecule has 0 aliphatic rings. The fraction of sp³-hybridized carbons (Fsp3) is 0.423. The number of carboxylic acid groups (broad SMARTS) is 1. The lowest BCUT2D eigenvalue weighted by molar-refractivity contribution is -0.138. The summed E-state index contributed by atoms with van der Waals surface area (Å²) in [4.78, 5) is 45.5. The average molecular weight is 495 g/mol. The van der Waals surface area contributed by atoms with Crippen molar-refractivity contribution < 1.29 is 19.5 Å². The molecule has 4 N–H and O–H groups in total. The van der Waals surface area contributed by atoms with Gasteiger partial charge in [-0.15, -0.1) is 0 Å². The van der Waals surface area contributed by atoms with Gasteiger partial charge in [0.15, 0.2) is 0 Å². The molecule has 0 saturated heterocycles. The minimum absolute atomic E-state index is 0.0136. The van der Waals surface area contributed by atoms with Gasteiger partial charge in [0.1, 0.15) is 11.9 Å². The number of pyridine rings is 1.